The first-order valence-electron chi connectivity index (χ1n) is 8.31. The van der Waals surface area contributed by atoms with Crippen molar-refractivity contribution in [1.29, 1.82) is 0 Å². The topological polar surface area (TPSA) is 63.1 Å². The number of quaternary nitrogens is 1. The van der Waals surface area contributed by atoms with E-state index in [2.05, 4.69) is 12.2 Å². The smallest absolute Gasteiger partial charge is 0.159 e. The number of rotatable bonds is 7. The molecule has 3 atom stereocenters. The number of ether oxygens (including phenoxy) is 1. The first-order chi connectivity index (χ1) is 10.6. The number of benzene rings is 1. The van der Waals surface area contributed by atoms with Gasteiger partial charge in [0.05, 0.1) is 6.04 Å². The second-order valence-corrected chi connectivity index (χ2v) is 6.44. The molecule has 0 aliphatic heterocycles. The third-order valence-electron chi connectivity index (χ3n) is 4.59. The molecule has 0 unspecified atom stereocenters. The molecule has 0 aromatic heterocycles. The summed E-state index contributed by atoms with van der Waals surface area (Å²) in [6.45, 7) is 4.82. The fourth-order valence-corrected chi connectivity index (χ4v) is 3.07. The maximum atomic E-state index is 11.2. The quantitative estimate of drug-likeness (QED) is 0.755. The monoisotopic (exact) mass is 306 g/mol. The number of aliphatic hydroxyl groups excluding tert-OH is 1. The van der Waals surface area contributed by atoms with Gasteiger partial charge in [0.1, 0.15) is 25.0 Å². The molecule has 1 fully saturated rings. The number of Topliss-reactive ketones (excluding diaryl/α,β-unsaturated/α-hetero) is 1. The molecule has 0 heterocycles. The number of ketones is 1. The molecule has 4 heteroatoms. The zero-order chi connectivity index (χ0) is 15.9. The Labute approximate surface area is 132 Å². The van der Waals surface area contributed by atoms with Crippen molar-refractivity contribution in [2.75, 3.05) is 13.2 Å². The van der Waals surface area contributed by atoms with Crippen LogP contribution >= 0.6 is 0 Å². The fourth-order valence-electron chi connectivity index (χ4n) is 3.07. The van der Waals surface area contributed by atoms with Gasteiger partial charge in [0, 0.05) is 11.5 Å². The first-order valence-corrected chi connectivity index (χ1v) is 8.31. The van der Waals surface area contributed by atoms with Gasteiger partial charge in [-0.1, -0.05) is 13.3 Å². The zero-order valence-electron chi connectivity index (χ0n) is 13.6. The molecule has 1 aliphatic rings. The Kier molecular flexibility index (Phi) is 6.40. The molecule has 1 aromatic rings. The van der Waals surface area contributed by atoms with E-state index in [-0.39, 0.29) is 12.4 Å². The number of nitrogens with two attached hydrogens (primary N) is 1. The second-order valence-electron chi connectivity index (χ2n) is 6.44. The van der Waals surface area contributed by atoms with Gasteiger partial charge in [-0.05, 0) is 50.5 Å². The van der Waals surface area contributed by atoms with Gasteiger partial charge in [-0.15, -0.1) is 0 Å². The number of aliphatic hydroxyl groups is 1. The maximum Gasteiger partial charge on any atom is 0.159 e. The standard InChI is InChI=1S/C18H27NO3/c1-13-5-3-4-6-18(13)19-11-16(21)12-22-17-9-7-15(8-10-17)14(2)20/h7-10,13,16,18-19,21H,3-6,11-12H2,1-2H3/p+1/t13-,16+,18+/m1/s1. The van der Waals surface area contributed by atoms with Crippen molar-refractivity contribution in [3.63, 3.8) is 0 Å². The average Bonchev–Trinajstić information content (AvgIpc) is 2.52. The summed E-state index contributed by atoms with van der Waals surface area (Å²) in [6, 6.07) is 7.69. The summed E-state index contributed by atoms with van der Waals surface area (Å²) in [5.41, 5.74) is 0.674. The molecule has 122 valence electrons. The SMILES string of the molecule is CC(=O)c1ccc(OC[C@@H](O)C[NH2+][C@H]2CCCC[C@H]2C)cc1. The lowest BCUT2D eigenvalue weighted by Gasteiger charge is -2.27. The highest BCUT2D eigenvalue weighted by atomic mass is 16.5. The van der Waals surface area contributed by atoms with Gasteiger partial charge in [-0.2, -0.15) is 0 Å². The molecule has 0 bridgehead atoms. The van der Waals surface area contributed by atoms with Gasteiger partial charge in [-0.25, -0.2) is 0 Å². The largest absolute Gasteiger partial charge is 0.491 e. The van der Waals surface area contributed by atoms with E-state index in [9.17, 15) is 9.90 Å². The van der Waals surface area contributed by atoms with Gasteiger partial charge in [0.15, 0.2) is 5.78 Å². The van der Waals surface area contributed by atoms with Crippen LogP contribution in [0.1, 0.15) is 49.9 Å². The van der Waals surface area contributed by atoms with Crippen LogP contribution in [0.5, 0.6) is 5.75 Å². The average molecular weight is 306 g/mol. The minimum Gasteiger partial charge on any atom is -0.491 e. The maximum absolute atomic E-state index is 11.2. The Morgan fingerprint density at radius 1 is 1.32 bits per heavy atom. The summed E-state index contributed by atoms with van der Waals surface area (Å²) < 4.78 is 5.59. The van der Waals surface area contributed by atoms with Crippen LogP contribution < -0.4 is 10.1 Å². The highest BCUT2D eigenvalue weighted by Gasteiger charge is 2.24. The molecule has 0 spiro atoms. The van der Waals surface area contributed by atoms with E-state index in [1.54, 1.807) is 31.2 Å². The van der Waals surface area contributed by atoms with Crippen molar-refractivity contribution in [1.82, 2.24) is 0 Å². The van der Waals surface area contributed by atoms with Gasteiger partial charge < -0.3 is 15.2 Å². The van der Waals surface area contributed by atoms with Crippen LogP contribution in [0.25, 0.3) is 0 Å². The molecular formula is C18H28NO3+. The van der Waals surface area contributed by atoms with E-state index in [0.717, 1.165) is 5.92 Å². The van der Waals surface area contributed by atoms with Crippen LogP contribution in [-0.4, -0.2) is 36.2 Å². The number of hydrogen-bond acceptors (Lipinski definition) is 3. The number of carbonyl (C=O) groups is 1. The van der Waals surface area contributed by atoms with Crippen molar-refractivity contribution >= 4 is 5.78 Å². The zero-order valence-corrected chi connectivity index (χ0v) is 13.6. The van der Waals surface area contributed by atoms with Gasteiger partial charge in [0.25, 0.3) is 0 Å². The molecular weight excluding hydrogens is 278 g/mol. The van der Waals surface area contributed by atoms with Crippen LogP contribution in [0.4, 0.5) is 0 Å². The van der Waals surface area contributed by atoms with E-state index in [0.29, 0.717) is 23.9 Å². The third-order valence-corrected chi connectivity index (χ3v) is 4.59. The molecule has 0 saturated heterocycles. The highest BCUT2D eigenvalue weighted by molar-refractivity contribution is 5.94. The Morgan fingerprint density at radius 2 is 2.00 bits per heavy atom. The van der Waals surface area contributed by atoms with E-state index in [1.807, 2.05) is 0 Å². The van der Waals surface area contributed by atoms with Gasteiger partial charge >= 0.3 is 0 Å². The van der Waals surface area contributed by atoms with Crippen molar-refractivity contribution in [2.45, 2.75) is 51.7 Å². The summed E-state index contributed by atoms with van der Waals surface area (Å²) in [5.74, 6) is 1.47. The highest BCUT2D eigenvalue weighted by Crippen LogP contribution is 2.21. The van der Waals surface area contributed by atoms with E-state index in [1.165, 1.54) is 25.7 Å². The summed E-state index contributed by atoms with van der Waals surface area (Å²) in [4.78, 5) is 11.2. The molecule has 3 N–H and O–H groups in total. The predicted molar refractivity (Wildman–Crippen MR) is 86.2 cm³/mol. The van der Waals surface area contributed by atoms with Crippen LogP contribution in [-0.2, 0) is 0 Å². The Bertz CT molecular complexity index is 472. The molecule has 1 saturated carbocycles. The van der Waals surface area contributed by atoms with Crippen molar-refractivity contribution in [3.8, 4) is 5.75 Å². The van der Waals surface area contributed by atoms with E-state index < -0.39 is 6.10 Å². The first kappa shape index (κ1) is 17.0. The lowest BCUT2D eigenvalue weighted by molar-refractivity contribution is -0.703. The molecule has 1 aliphatic carbocycles. The van der Waals surface area contributed by atoms with Crippen molar-refractivity contribution < 1.29 is 20.0 Å². The van der Waals surface area contributed by atoms with Crippen LogP contribution in [0.3, 0.4) is 0 Å². The number of carbonyl (C=O) groups excluding carboxylic acids is 1. The molecule has 22 heavy (non-hydrogen) atoms. The summed E-state index contributed by atoms with van der Waals surface area (Å²) >= 11 is 0. The third kappa shape index (κ3) is 5.11. The molecule has 2 rings (SSSR count). The lowest BCUT2D eigenvalue weighted by Crippen LogP contribution is -2.93. The molecule has 0 amide bonds. The fraction of sp³-hybridized carbons (Fsp3) is 0.611. The molecule has 4 nitrogen and oxygen atoms in total. The van der Waals surface area contributed by atoms with Crippen LogP contribution in [0.2, 0.25) is 0 Å². The Morgan fingerprint density at radius 3 is 2.64 bits per heavy atom. The normalized spacial score (nSPS) is 23.0. The minimum atomic E-state index is -0.471. The van der Waals surface area contributed by atoms with Gasteiger partial charge in [-0.3, -0.25) is 4.79 Å². The summed E-state index contributed by atoms with van der Waals surface area (Å²) in [7, 11) is 0. The van der Waals surface area contributed by atoms with Crippen molar-refractivity contribution in [2.24, 2.45) is 5.92 Å². The lowest BCUT2D eigenvalue weighted by atomic mass is 9.86. The Hall–Kier alpha value is -1.39. The number of hydrogen-bond donors (Lipinski definition) is 2. The van der Waals surface area contributed by atoms with Gasteiger partial charge in [0.2, 0.25) is 0 Å². The van der Waals surface area contributed by atoms with Crippen LogP contribution in [0, 0.1) is 5.92 Å². The summed E-state index contributed by atoms with van der Waals surface area (Å²) in [5, 5.41) is 12.3. The summed E-state index contributed by atoms with van der Waals surface area (Å²) in [6.07, 6.45) is 4.73. The van der Waals surface area contributed by atoms with E-state index in [4.69, 9.17) is 4.74 Å². The van der Waals surface area contributed by atoms with Crippen LogP contribution in [0.15, 0.2) is 24.3 Å². The molecule has 1 aromatic carbocycles. The van der Waals surface area contributed by atoms with Crippen molar-refractivity contribution in [3.05, 3.63) is 29.8 Å². The molecule has 0 radical (unpaired) electrons. The predicted octanol–water partition coefficient (Wildman–Crippen LogP) is 1.77. The Balaban J connectivity index is 1.70. The minimum absolute atomic E-state index is 0.0442. The van der Waals surface area contributed by atoms with E-state index >= 15 is 0 Å². The second kappa shape index (κ2) is 8.30.